The average molecular weight is 289 g/mol. The summed E-state index contributed by atoms with van der Waals surface area (Å²) in [6, 6.07) is 3.59. The molecule has 1 amide bonds. The van der Waals surface area contributed by atoms with Crippen LogP contribution >= 0.6 is 12.1 Å². The van der Waals surface area contributed by atoms with E-state index in [0.29, 0.717) is 0 Å². The monoisotopic (exact) mass is 289 g/mol. The molecule has 0 spiro atoms. The van der Waals surface area contributed by atoms with Crippen molar-refractivity contribution in [3.63, 3.8) is 0 Å². The third kappa shape index (κ3) is 8.28. The number of carbonyl (C=O) groups is 1. The summed E-state index contributed by atoms with van der Waals surface area (Å²) in [7, 11) is 2.60. The van der Waals surface area contributed by atoms with Gasteiger partial charge in [0.1, 0.15) is 11.4 Å². The van der Waals surface area contributed by atoms with E-state index in [4.69, 9.17) is 14.6 Å². The van der Waals surface area contributed by atoms with Gasteiger partial charge in [0.25, 0.3) is 12.1 Å². The molecule has 2 N–H and O–H groups in total. The van der Waals surface area contributed by atoms with Gasteiger partial charge in [-0.3, -0.25) is 0 Å². The van der Waals surface area contributed by atoms with Gasteiger partial charge in [0, 0.05) is 19.2 Å². The zero-order valence-corrected chi connectivity index (χ0v) is 12.7. The summed E-state index contributed by atoms with van der Waals surface area (Å²) < 4.78 is 14.4. The summed E-state index contributed by atoms with van der Waals surface area (Å²) in [6.07, 6.45) is 3.09. The lowest BCUT2D eigenvalue weighted by atomic mass is 10.2. The molecule has 0 aromatic carbocycles. The Bertz CT molecular complexity index is 376. The summed E-state index contributed by atoms with van der Waals surface area (Å²) in [5.41, 5.74) is -0.491. The van der Waals surface area contributed by atoms with Gasteiger partial charge in [0.05, 0.1) is 7.11 Å². The molecule has 0 aliphatic heterocycles. The van der Waals surface area contributed by atoms with Crippen molar-refractivity contribution < 1.29 is 23.3 Å². The smallest absolute Gasteiger partial charge is 0.422 e. The number of methoxy groups -OCH3 is 1. The number of aliphatic hydroxyl groups excluding tert-OH is 1. The number of ether oxygens (including phenoxy) is 2. The predicted octanol–water partition coefficient (Wildman–Crippen LogP) is 1.53. The molecule has 1 aromatic heterocycles. The molecule has 108 valence electrons. The number of amides is 1. The zero-order chi connectivity index (χ0) is 14.9. The zero-order valence-electron chi connectivity index (χ0n) is 11.8. The summed E-state index contributed by atoms with van der Waals surface area (Å²) >= 11 is 1.12. The van der Waals surface area contributed by atoms with Crippen LogP contribution in [-0.2, 0) is 4.74 Å². The number of hydrogen-bond donors (Lipinski definition) is 2. The number of rotatable bonds is 3. The highest BCUT2D eigenvalue weighted by molar-refractivity contribution is 7.91. The molecule has 0 aliphatic rings. The third-order valence-electron chi connectivity index (χ3n) is 1.64. The van der Waals surface area contributed by atoms with Crippen molar-refractivity contribution in [2.45, 2.75) is 26.4 Å². The Morgan fingerprint density at radius 2 is 1.84 bits per heavy atom. The molecule has 0 fully saturated rings. The van der Waals surface area contributed by atoms with Gasteiger partial charge in [-0.15, -0.1) is 3.97 Å². The van der Waals surface area contributed by atoms with Crippen LogP contribution in [0.4, 0.5) is 4.79 Å². The van der Waals surface area contributed by atoms with Crippen LogP contribution in [0.1, 0.15) is 20.8 Å². The van der Waals surface area contributed by atoms with E-state index in [9.17, 15) is 4.79 Å². The van der Waals surface area contributed by atoms with Crippen molar-refractivity contribution in [3.8, 4) is 5.75 Å². The first-order valence-electron chi connectivity index (χ1n) is 5.57. The van der Waals surface area contributed by atoms with Crippen LogP contribution in [-0.4, -0.2) is 31.0 Å². The number of hydrogen-bond acceptors (Lipinski definition) is 5. The molecule has 1 heterocycles. The largest absolute Gasteiger partial charge is 0.496 e. The molecule has 0 aliphatic carbocycles. The number of nitrogens with zero attached hydrogens (tertiary/aromatic N) is 1. The van der Waals surface area contributed by atoms with Crippen molar-refractivity contribution in [2.24, 2.45) is 0 Å². The fourth-order valence-electron chi connectivity index (χ4n) is 0.985. The van der Waals surface area contributed by atoms with Gasteiger partial charge in [0.2, 0.25) is 0 Å². The maximum Gasteiger partial charge on any atom is 0.422 e. The second kappa shape index (κ2) is 8.60. The molecule has 6 nitrogen and oxygen atoms in total. The molecule has 0 radical (unpaired) electrons. The fraction of sp³-hybridized carbons (Fsp3) is 0.500. The standard InChI is InChI=1S/C11H16N2O3S.CH4O/c1-11(2,3)16-10(14)12-17-13-7-5-9(15-4)6-8-13;1-2/h5-8H,1-4H3;2H,1H3/p+1. The van der Waals surface area contributed by atoms with E-state index < -0.39 is 11.7 Å². The minimum Gasteiger partial charge on any atom is -0.496 e. The number of carbonyl (C=O) groups excluding carboxylic acids is 1. The lowest BCUT2D eigenvalue weighted by molar-refractivity contribution is -0.495. The van der Waals surface area contributed by atoms with E-state index in [-0.39, 0.29) is 0 Å². The van der Waals surface area contributed by atoms with E-state index in [1.807, 2.05) is 20.8 Å². The molecule has 7 heteroatoms. The SMILES string of the molecule is CO.COc1cc[n+](SNC(=O)OC(C)(C)C)cc1. The first-order chi connectivity index (χ1) is 8.90. The third-order valence-corrected chi connectivity index (χ3v) is 2.35. The minimum absolute atomic E-state index is 0.467. The van der Waals surface area contributed by atoms with Gasteiger partial charge >= 0.3 is 6.09 Å². The Morgan fingerprint density at radius 3 is 2.26 bits per heavy atom. The van der Waals surface area contributed by atoms with Gasteiger partial charge in [-0.25, -0.2) is 9.52 Å². The van der Waals surface area contributed by atoms with Crippen LogP contribution in [0.25, 0.3) is 0 Å². The number of aliphatic hydroxyl groups is 1. The van der Waals surface area contributed by atoms with Gasteiger partial charge in [-0.05, 0) is 20.8 Å². The van der Waals surface area contributed by atoms with E-state index in [2.05, 4.69) is 4.72 Å². The van der Waals surface area contributed by atoms with Crippen molar-refractivity contribution in [1.82, 2.24) is 4.72 Å². The van der Waals surface area contributed by atoms with Crippen LogP contribution in [0.15, 0.2) is 24.5 Å². The van der Waals surface area contributed by atoms with Crippen molar-refractivity contribution >= 4 is 18.2 Å². The molecule has 0 saturated heterocycles. The molecule has 0 unspecified atom stereocenters. The Labute approximate surface area is 118 Å². The normalized spacial score (nSPS) is 10.0. The van der Waals surface area contributed by atoms with Crippen LogP contribution in [0.2, 0.25) is 0 Å². The van der Waals surface area contributed by atoms with Gasteiger partial charge < -0.3 is 14.6 Å². The summed E-state index contributed by atoms with van der Waals surface area (Å²) in [6.45, 7) is 5.45. The van der Waals surface area contributed by atoms with Gasteiger partial charge in [-0.2, -0.15) is 0 Å². The van der Waals surface area contributed by atoms with Crippen LogP contribution < -0.4 is 13.4 Å². The molecule has 0 atom stereocenters. The van der Waals surface area contributed by atoms with Crippen LogP contribution in [0.5, 0.6) is 5.75 Å². The molecule has 0 saturated carbocycles. The Hall–Kier alpha value is -1.47. The first-order valence-corrected chi connectivity index (χ1v) is 6.34. The minimum atomic E-state index is -0.491. The Morgan fingerprint density at radius 1 is 1.32 bits per heavy atom. The molecule has 0 bridgehead atoms. The number of nitrogens with one attached hydrogen (secondary N) is 1. The van der Waals surface area contributed by atoms with E-state index in [1.54, 1.807) is 35.6 Å². The highest BCUT2D eigenvalue weighted by atomic mass is 32.2. The lowest BCUT2D eigenvalue weighted by Crippen LogP contribution is -2.35. The molecule has 1 aromatic rings. The Kier molecular flexibility index (Phi) is 7.94. The van der Waals surface area contributed by atoms with Crippen LogP contribution in [0, 0.1) is 0 Å². The van der Waals surface area contributed by atoms with E-state index in [1.165, 1.54) is 0 Å². The molecule has 1 rings (SSSR count). The quantitative estimate of drug-likeness (QED) is 0.652. The topological polar surface area (TPSA) is 71.7 Å². The average Bonchev–Trinajstić information content (AvgIpc) is 2.37. The van der Waals surface area contributed by atoms with Gasteiger partial charge in [0.15, 0.2) is 12.4 Å². The molecular weight excluding hydrogens is 268 g/mol. The molecular formula is C12H21N2O4S+. The summed E-state index contributed by atoms with van der Waals surface area (Å²) in [4.78, 5) is 11.4. The highest BCUT2D eigenvalue weighted by Crippen LogP contribution is 2.08. The predicted molar refractivity (Wildman–Crippen MR) is 73.7 cm³/mol. The Balaban J connectivity index is 0.00000154. The number of aromatic nitrogens is 1. The first kappa shape index (κ1) is 17.5. The van der Waals surface area contributed by atoms with E-state index >= 15 is 0 Å². The molecule has 19 heavy (non-hydrogen) atoms. The van der Waals surface area contributed by atoms with Crippen LogP contribution in [0.3, 0.4) is 0 Å². The van der Waals surface area contributed by atoms with E-state index in [0.717, 1.165) is 25.0 Å². The highest BCUT2D eigenvalue weighted by Gasteiger charge is 2.17. The van der Waals surface area contributed by atoms with Crippen molar-refractivity contribution in [2.75, 3.05) is 14.2 Å². The maximum atomic E-state index is 11.4. The maximum absolute atomic E-state index is 11.4. The summed E-state index contributed by atoms with van der Waals surface area (Å²) in [5.74, 6) is 0.763. The number of pyridine rings is 1. The fourth-order valence-corrected chi connectivity index (χ4v) is 1.45. The second-order valence-electron chi connectivity index (χ2n) is 4.29. The summed E-state index contributed by atoms with van der Waals surface area (Å²) in [5, 5.41) is 7.00. The van der Waals surface area contributed by atoms with Crippen molar-refractivity contribution in [1.29, 1.82) is 0 Å². The second-order valence-corrected chi connectivity index (χ2v) is 5.10. The van der Waals surface area contributed by atoms with Gasteiger partial charge in [-0.1, -0.05) is 0 Å². The van der Waals surface area contributed by atoms with Crippen molar-refractivity contribution in [3.05, 3.63) is 24.5 Å². The lowest BCUT2D eigenvalue weighted by Gasteiger charge is -2.18.